The van der Waals surface area contributed by atoms with Crippen molar-refractivity contribution < 1.29 is 17.9 Å². The fourth-order valence-corrected chi connectivity index (χ4v) is 5.70. The zero-order valence-electron chi connectivity index (χ0n) is 20.0. The number of hydrogen-bond donors (Lipinski definition) is 1. The summed E-state index contributed by atoms with van der Waals surface area (Å²) in [5.41, 5.74) is 3.17. The zero-order valence-corrected chi connectivity index (χ0v) is 20.8. The second kappa shape index (κ2) is 9.50. The summed E-state index contributed by atoms with van der Waals surface area (Å²) in [5.74, 6) is 0.776. The van der Waals surface area contributed by atoms with Crippen molar-refractivity contribution in [2.75, 3.05) is 10.8 Å². The molecule has 0 aliphatic carbocycles. The first-order chi connectivity index (χ1) is 17.3. The first-order valence-electron chi connectivity index (χ1n) is 11.6. The average molecular weight is 503 g/mol. The highest BCUT2D eigenvalue weighted by atomic mass is 32.2. The minimum atomic E-state index is -3.90. The quantitative estimate of drug-likeness (QED) is 0.433. The number of nitrogens with zero attached hydrogens (tertiary/aromatic N) is 3. The van der Waals surface area contributed by atoms with Gasteiger partial charge in [-0.05, 0) is 49.7 Å². The lowest BCUT2D eigenvalue weighted by atomic mass is 10.1. The van der Waals surface area contributed by atoms with Crippen LogP contribution in [0.1, 0.15) is 17.0 Å². The molecule has 9 heteroatoms. The molecule has 2 heterocycles. The molecule has 1 amide bonds. The average Bonchev–Trinajstić information content (AvgIpc) is 3.32. The van der Waals surface area contributed by atoms with E-state index < -0.39 is 22.0 Å². The van der Waals surface area contributed by atoms with E-state index in [2.05, 4.69) is 10.3 Å². The Morgan fingerprint density at radius 2 is 1.69 bits per heavy atom. The highest BCUT2D eigenvalue weighted by molar-refractivity contribution is 7.92. The van der Waals surface area contributed by atoms with Gasteiger partial charge in [0, 0.05) is 18.9 Å². The van der Waals surface area contributed by atoms with E-state index >= 15 is 0 Å². The zero-order chi connectivity index (χ0) is 25.3. The lowest BCUT2D eigenvalue weighted by Gasteiger charge is -2.34. The third-order valence-corrected chi connectivity index (χ3v) is 7.96. The topological polar surface area (TPSA) is 93.5 Å². The number of imidazole rings is 1. The van der Waals surface area contributed by atoms with Crippen molar-refractivity contribution >= 4 is 21.6 Å². The third kappa shape index (κ3) is 4.45. The molecule has 0 radical (unpaired) electrons. The molecule has 5 rings (SSSR count). The Bertz CT molecular complexity index is 1510. The number of hydrogen-bond acceptors (Lipinski definition) is 5. The SMILES string of the molecule is Cc1ccc(S(=O)(=O)N2C[C@H](C(=O)NCc3ccccc3-n3ccnc3C)Oc3ccccc32)cc1. The number of rotatable bonds is 6. The molecule has 1 aromatic heterocycles. The summed E-state index contributed by atoms with van der Waals surface area (Å²) in [6.07, 6.45) is 2.58. The van der Waals surface area contributed by atoms with Crippen LogP contribution in [-0.4, -0.2) is 36.5 Å². The summed E-state index contributed by atoms with van der Waals surface area (Å²) in [6, 6.07) is 21.2. The van der Waals surface area contributed by atoms with Gasteiger partial charge in [0.1, 0.15) is 11.6 Å². The minimum Gasteiger partial charge on any atom is -0.476 e. The molecule has 184 valence electrons. The highest BCUT2D eigenvalue weighted by Crippen LogP contribution is 2.36. The Morgan fingerprint density at radius 3 is 2.42 bits per heavy atom. The third-order valence-electron chi connectivity index (χ3n) is 6.17. The van der Waals surface area contributed by atoms with E-state index in [9.17, 15) is 13.2 Å². The van der Waals surface area contributed by atoms with Crippen molar-refractivity contribution in [2.45, 2.75) is 31.4 Å². The van der Waals surface area contributed by atoms with Crippen LogP contribution in [0, 0.1) is 13.8 Å². The number of fused-ring (bicyclic) bond motifs is 1. The number of para-hydroxylation sites is 3. The molecule has 0 saturated carbocycles. The predicted octanol–water partition coefficient (Wildman–Crippen LogP) is 3.76. The fraction of sp³-hybridized carbons (Fsp3) is 0.185. The van der Waals surface area contributed by atoms with Gasteiger partial charge in [-0.1, -0.05) is 48.0 Å². The number of anilines is 1. The van der Waals surface area contributed by atoms with Gasteiger partial charge in [-0.2, -0.15) is 0 Å². The van der Waals surface area contributed by atoms with Crippen LogP contribution in [0.5, 0.6) is 5.75 Å². The molecule has 1 aliphatic rings. The molecule has 1 N–H and O–H groups in total. The van der Waals surface area contributed by atoms with Crippen LogP contribution in [-0.2, 0) is 21.4 Å². The van der Waals surface area contributed by atoms with Crippen LogP contribution in [0.3, 0.4) is 0 Å². The largest absolute Gasteiger partial charge is 0.476 e. The number of aryl methyl sites for hydroxylation is 2. The fourth-order valence-electron chi connectivity index (χ4n) is 4.23. The normalized spacial score (nSPS) is 15.2. The van der Waals surface area contributed by atoms with Crippen molar-refractivity contribution in [3.8, 4) is 11.4 Å². The standard InChI is InChI=1S/C27H26N4O4S/c1-19-11-13-22(14-12-19)36(33,34)31-18-26(35-25-10-6-5-9-24(25)31)27(32)29-17-21-7-3-4-8-23(21)30-16-15-28-20(30)2/h3-16,26H,17-18H2,1-2H3,(H,29,32)/t26-/m1/s1. The first kappa shape index (κ1) is 23.6. The molecular formula is C27H26N4O4S. The van der Waals surface area contributed by atoms with Gasteiger partial charge in [-0.15, -0.1) is 0 Å². The van der Waals surface area contributed by atoms with Crippen molar-refractivity contribution in [3.63, 3.8) is 0 Å². The van der Waals surface area contributed by atoms with Crippen LogP contribution < -0.4 is 14.4 Å². The molecular weight excluding hydrogens is 476 g/mol. The molecule has 1 atom stereocenters. The number of sulfonamides is 1. The van der Waals surface area contributed by atoms with Gasteiger partial charge in [0.05, 0.1) is 22.8 Å². The van der Waals surface area contributed by atoms with E-state index in [1.807, 2.05) is 48.9 Å². The van der Waals surface area contributed by atoms with E-state index in [0.717, 1.165) is 22.6 Å². The highest BCUT2D eigenvalue weighted by Gasteiger charge is 2.37. The Kier molecular flexibility index (Phi) is 6.24. The Labute approximate surface area is 210 Å². The summed E-state index contributed by atoms with van der Waals surface area (Å²) in [4.78, 5) is 17.7. The summed E-state index contributed by atoms with van der Waals surface area (Å²) in [7, 11) is -3.90. The number of aromatic nitrogens is 2. The predicted molar refractivity (Wildman–Crippen MR) is 137 cm³/mol. The van der Waals surface area contributed by atoms with E-state index in [1.165, 1.54) is 4.31 Å². The smallest absolute Gasteiger partial charge is 0.264 e. The summed E-state index contributed by atoms with van der Waals surface area (Å²) >= 11 is 0. The van der Waals surface area contributed by atoms with Crippen LogP contribution in [0.25, 0.3) is 5.69 Å². The maximum absolute atomic E-state index is 13.5. The molecule has 36 heavy (non-hydrogen) atoms. The maximum Gasteiger partial charge on any atom is 0.264 e. The van der Waals surface area contributed by atoms with Crippen molar-refractivity contribution in [2.24, 2.45) is 0 Å². The first-order valence-corrected chi connectivity index (χ1v) is 13.0. The number of benzene rings is 3. The number of carbonyl (C=O) groups is 1. The number of ether oxygens (including phenoxy) is 1. The van der Waals surface area contributed by atoms with E-state index in [1.54, 1.807) is 54.7 Å². The number of carbonyl (C=O) groups excluding carboxylic acids is 1. The second-order valence-electron chi connectivity index (χ2n) is 8.61. The van der Waals surface area contributed by atoms with Crippen LogP contribution in [0.4, 0.5) is 5.69 Å². The monoisotopic (exact) mass is 502 g/mol. The van der Waals surface area contributed by atoms with Crippen molar-refractivity contribution in [1.29, 1.82) is 0 Å². The van der Waals surface area contributed by atoms with Gasteiger partial charge < -0.3 is 14.6 Å². The van der Waals surface area contributed by atoms with E-state index in [4.69, 9.17) is 4.74 Å². The minimum absolute atomic E-state index is 0.138. The maximum atomic E-state index is 13.5. The number of amides is 1. The van der Waals surface area contributed by atoms with Crippen molar-refractivity contribution in [3.05, 3.63) is 102 Å². The molecule has 0 saturated heterocycles. The van der Waals surface area contributed by atoms with E-state index in [-0.39, 0.29) is 18.0 Å². The Balaban J connectivity index is 1.39. The summed E-state index contributed by atoms with van der Waals surface area (Å²) in [6.45, 7) is 3.92. The molecule has 4 aromatic rings. The molecule has 0 spiro atoms. The van der Waals surface area contributed by atoms with Crippen LogP contribution >= 0.6 is 0 Å². The molecule has 3 aromatic carbocycles. The van der Waals surface area contributed by atoms with Gasteiger partial charge in [0.15, 0.2) is 6.10 Å². The van der Waals surface area contributed by atoms with Gasteiger partial charge >= 0.3 is 0 Å². The second-order valence-corrected chi connectivity index (χ2v) is 10.5. The molecule has 1 aliphatic heterocycles. The summed E-state index contributed by atoms with van der Waals surface area (Å²) in [5, 5.41) is 2.92. The number of nitrogens with one attached hydrogen (secondary N) is 1. The Morgan fingerprint density at radius 1 is 1.00 bits per heavy atom. The van der Waals surface area contributed by atoms with Crippen LogP contribution in [0.2, 0.25) is 0 Å². The molecule has 0 unspecified atom stereocenters. The Hall–Kier alpha value is -4.11. The van der Waals surface area contributed by atoms with Crippen molar-refractivity contribution in [1.82, 2.24) is 14.9 Å². The lowest BCUT2D eigenvalue weighted by molar-refractivity contribution is -0.127. The molecule has 0 bridgehead atoms. The van der Waals surface area contributed by atoms with Gasteiger partial charge in [-0.25, -0.2) is 13.4 Å². The van der Waals surface area contributed by atoms with Gasteiger partial charge in [0.25, 0.3) is 15.9 Å². The van der Waals surface area contributed by atoms with E-state index in [0.29, 0.717) is 11.4 Å². The lowest BCUT2D eigenvalue weighted by Crippen LogP contribution is -2.50. The van der Waals surface area contributed by atoms with Crippen LogP contribution in [0.15, 0.2) is 90.1 Å². The molecule has 8 nitrogen and oxygen atoms in total. The molecule has 0 fully saturated rings. The van der Waals surface area contributed by atoms with Gasteiger partial charge in [-0.3, -0.25) is 9.10 Å². The summed E-state index contributed by atoms with van der Waals surface area (Å²) < 4.78 is 36.2. The van der Waals surface area contributed by atoms with Gasteiger partial charge in [0.2, 0.25) is 0 Å².